The number of nitrogens with zero attached hydrogens (tertiary/aromatic N) is 2. The van der Waals surface area contributed by atoms with Crippen molar-refractivity contribution in [3.63, 3.8) is 0 Å². The number of primary amides is 1. The number of nitriles is 1. The average Bonchev–Trinajstić information content (AvgIpc) is 2.34. The first-order valence-electron chi connectivity index (χ1n) is 5.24. The number of amides is 1. The zero-order chi connectivity index (χ0) is 12.8. The van der Waals surface area contributed by atoms with Crippen LogP contribution in [0.4, 0.5) is 5.69 Å². The summed E-state index contributed by atoms with van der Waals surface area (Å²) in [6.07, 6.45) is 1.92. The summed E-state index contributed by atoms with van der Waals surface area (Å²) in [6, 6.07) is 7.80. The summed E-state index contributed by atoms with van der Waals surface area (Å²) in [4.78, 5) is 13.7. The predicted octanol–water partition coefficient (Wildman–Crippen LogP) is 1.59. The molecule has 0 radical (unpaired) electrons. The summed E-state index contributed by atoms with van der Waals surface area (Å²) in [5.74, 6) is -0.398. The van der Waals surface area contributed by atoms with E-state index in [4.69, 9.17) is 5.73 Å². The molecule has 1 amide bonds. The van der Waals surface area contributed by atoms with Crippen LogP contribution < -0.4 is 10.6 Å². The Balaban J connectivity index is 3.19. The molecular formula is C12H15N3OS. The Morgan fingerprint density at radius 2 is 2.29 bits per heavy atom. The molecule has 90 valence electrons. The molecule has 0 aliphatic heterocycles. The lowest BCUT2D eigenvalue weighted by molar-refractivity contribution is -0.116. The van der Waals surface area contributed by atoms with Gasteiger partial charge in [-0.1, -0.05) is 6.07 Å². The summed E-state index contributed by atoms with van der Waals surface area (Å²) < 4.78 is 0. The molecule has 0 aliphatic carbocycles. The molecule has 4 nitrogen and oxygen atoms in total. The van der Waals surface area contributed by atoms with Crippen LogP contribution in [-0.4, -0.2) is 25.3 Å². The van der Waals surface area contributed by atoms with E-state index >= 15 is 0 Å². The second-order valence-electron chi connectivity index (χ2n) is 3.45. The largest absolute Gasteiger partial charge is 0.368 e. The predicted molar refractivity (Wildman–Crippen MR) is 70.0 cm³/mol. The Bertz CT molecular complexity index is 454. The highest BCUT2D eigenvalue weighted by Crippen LogP contribution is 2.28. The monoisotopic (exact) mass is 249 g/mol. The molecule has 0 spiro atoms. The highest BCUT2D eigenvalue weighted by atomic mass is 32.2. The summed E-state index contributed by atoms with van der Waals surface area (Å²) in [5, 5.41) is 9.20. The van der Waals surface area contributed by atoms with Gasteiger partial charge in [-0.25, -0.2) is 0 Å². The van der Waals surface area contributed by atoms with E-state index in [1.807, 2.05) is 31.4 Å². The zero-order valence-corrected chi connectivity index (χ0v) is 10.8. The summed E-state index contributed by atoms with van der Waals surface area (Å²) in [5.41, 5.74) is 6.56. The molecular weight excluding hydrogens is 234 g/mol. The van der Waals surface area contributed by atoms with Gasteiger partial charge < -0.3 is 10.6 Å². The Morgan fingerprint density at radius 3 is 2.76 bits per heavy atom. The fraction of sp³-hybridized carbons (Fsp3) is 0.333. The maximum atomic E-state index is 11.0. The fourth-order valence-corrected chi connectivity index (χ4v) is 2.19. The number of carbonyl (C=O) groups is 1. The first-order chi connectivity index (χ1) is 8.13. The van der Waals surface area contributed by atoms with Crippen LogP contribution in [0.2, 0.25) is 0 Å². The van der Waals surface area contributed by atoms with E-state index in [2.05, 4.69) is 6.07 Å². The van der Waals surface area contributed by atoms with Crippen molar-refractivity contribution in [2.75, 3.05) is 24.2 Å². The first-order valence-corrected chi connectivity index (χ1v) is 6.46. The third kappa shape index (κ3) is 3.14. The third-order valence-corrected chi connectivity index (χ3v) is 3.19. The Hall–Kier alpha value is -1.67. The van der Waals surface area contributed by atoms with Gasteiger partial charge in [-0.2, -0.15) is 5.26 Å². The topological polar surface area (TPSA) is 70.1 Å². The number of carbonyl (C=O) groups excluding carboxylic acids is 1. The molecule has 0 fully saturated rings. The molecule has 0 atom stereocenters. The minimum Gasteiger partial charge on any atom is -0.368 e. The molecule has 17 heavy (non-hydrogen) atoms. The van der Waals surface area contributed by atoms with Crippen molar-refractivity contribution in [2.45, 2.75) is 11.8 Å². The number of hydrogen-bond acceptors (Lipinski definition) is 4. The van der Waals surface area contributed by atoms with E-state index in [1.54, 1.807) is 4.90 Å². The molecule has 0 heterocycles. The van der Waals surface area contributed by atoms with Gasteiger partial charge in [-0.3, -0.25) is 4.79 Å². The molecule has 0 bridgehead atoms. The summed E-state index contributed by atoms with van der Waals surface area (Å²) >= 11 is 1.52. The van der Waals surface area contributed by atoms with Crippen molar-refractivity contribution < 1.29 is 4.79 Å². The molecule has 1 aromatic rings. The van der Waals surface area contributed by atoms with Crippen LogP contribution in [0.3, 0.4) is 0 Å². The molecule has 2 N–H and O–H groups in total. The van der Waals surface area contributed by atoms with Crippen molar-refractivity contribution in [3.05, 3.63) is 23.8 Å². The molecule has 5 heteroatoms. The quantitative estimate of drug-likeness (QED) is 0.804. The van der Waals surface area contributed by atoms with Crippen molar-refractivity contribution in [1.82, 2.24) is 0 Å². The van der Waals surface area contributed by atoms with Crippen LogP contribution in [0.1, 0.15) is 12.5 Å². The Labute approximate surface area is 105 Å². The smallest absolute Gasteiger partial charge is 0.236 e. The van der Waals surface area contributed by atoms with Crippen LogP contribution in [0.15, 0.2) is 23.1 Å². The van der Waals surface area contributed by atoms with E-state index in [-0.39, 0.29) is 6.54 Å². The van der Waals surface area contributed by atoms with Crippen LogP contribution in [-0.2, 0) is 4.79 Å². The molecule has 0 saturated carbocycles. The number of thioether (sulfide) groups is 1. The van der Waals surface area contributed by atoms with Crippen LogP contribution in [0.5, 0.6) is 0 Å². The molecule has 1 rings (SSSR count). The SMILES string of the molecule is CCN(CC(N)=O)c1cccc(SC)c1C#N. The van der Waals surface area contributed by atoms with Gasteiger partial charge in [-0.05, 0) is 25.3 Å². The lowest BCUT2D eigenvalue weighted by atomic mass is 10.1. The van der Waals surface area contributed by atoms with E-state index in [0.717, 1.165) is 10.6 Å². The zero-order valence-electron chi connectivity index (χ0n) is 9.93. The maximum Gasteiger partial charge on any atom is 0.236 e. The van der Waals surface area contributed by atoms with Crippen molar-refractivity contribution in [1.29, 1.82) is 5.26 Å². The number of likely N-dealkylation sites (N-methyl/N-ethyl adjacent to an activating group) is 1. The second-order valence-corrected chi connectivity index (χ2v) is 4.29. The average molecular weight is 249 g/mol. The highest BCUT2D eigenvalue weighted by molar-refractivity contribution is 7.98. The lowest BCUT2D eigenvalue weighted by Crippen LogP contribution is -2.34. The molecule has 0 saturated heterocycles. The maximum absolute atomic E-state index is 11.0. The minimum absolute atomic E-state index is 0.128. The number of rotatable bonds is 5. The van der Waals surface area contributed by atoms with Gasteiger partial charge in [0.2, 0.25) is 5.91 Å². The number of nitrogens with two attached hydrogens (primary N) is 1. The standard InChI is InChI=1S/C12H15N3OS/c1-3-15(8-12(14)16)10-5-4-6-11(17-2)9(10)7-13/h4-6H,3,8H2,1-2H3,(H2,14,16). The van der Waals surface area contributed by atoms with Gasteiger partial charge in [0.25, 0.3) is 0 Å². The van der Waals surface area contributed by atoms with Crippen molar-refractivity contribution in [3.8, 4) is 6.07 Å². The number of anilines is 1. The third-order valence-electron chi connectivity index (χ3n) is 2.41. The fourth-order valence-electron chi connectivity index (χ4n) is 1.62. The summed E-state index contributed by atoms with van der Waals surface area (Å²) in [7, 11) is 0. The van der Waals surface area contributed by atoms with Gasteiger partial charge in [0, 0.05) is 11.4 Å². The van der Waals surface area contributed by atoms with Crippen LogP contribution in [0, 0.1) is 11.3 Å². The Kier molecular flexibility index (Phi) is 4.85. The lowest BCUT2D eigenvalue weighted by Gasteiger charge is -2.23. The second kappa shape index (κ2) is 6.16. The molecule has 0 aromatic heterocycles. The molecule has 0 unspecified atom stereocenters. The highest BCUT2D eigenvalue weighted by Gasteiger charge is 2.14. The van der Waals surface area contributed by atoms with Gasteiger partial charge in [0.1, 0.15) is 6.07 Å². The van der Waals surface area contributed by atoms with E-state index in [9.17, 15) is 10.1 Å². The number of benzene rings is 1. The first kappa shape index (κ1) is 13.4. The van der Waals surface area contributed by atoms with E-state index < -0.39 is 5.91 Å². The Morgan fingerprint density at radius 1 is 1.59 bits per heavy atom. The van der Waals surface area contributed by atoms with Crippen molar-refractivity contribution >= 4 is 23.4 Å². The summed E-state index contributed by atoms with van der Waals surface area (Å²) in [6.45, 7) is 2.69. The van der Waals surface area contributed by atoms with Gasteiger partial charge in [0.05, 0.1) is 17.8 Å². The van der Waals surface area contributed by atoms with Gasteiger partial charge >= 0.3 is 0 Å². The minimum atomic E-state index is -0.398. The normalized spacial score (nSPS) is 9.71. The van der Waals surface area contributed by atoms with Gasteiger partial charge in [0.15, 0.2) is 0 Å². The molecule has 1 aromatic carbocycles. The van der Waals surface area contributed by atoms with Gasteiger partial charge in [-0.15, -0.1) is 11.8 Å². The van der Waals surface area contributed by atoms with Crippen LogP contribution >= 0.6 is 11.8 Å². The number of hydrogen-bond donors (Lipinski definition) is 1. The van der Waals surface area contributed by atoms with Crippen molar-refractivity contribution in [2.24, 2.45) is 5.73 Å². The van der Waals surface area contributed by atoms with E-state index in [1.165, 1.54) is 11.8 Å². The van der Waals surface area contributed by atoms with Crippen LogP contribution in [0.25, 0.3) is 0 Å². The molecule has 0 aliphatic rings. The van der Waals surface area contributed by atoms with E-state index in [0.29, 0.717) is 12.1 Å².